The van der Waals surface area contributed by atoms with E-state index in [1.54, 1.807) is 11.7 Å². The molecule has 132 valence electrons. The predicted octanol–water partition coefficient (Wildman–Crippen LogP) is 1.63. The Morgan fingerprint density at radius 3 is 2.72 bits per heavy atom. The number of halogens is 1. The van der Waals surface area contributed by atoms with Crippen molar-refractivity contribution in [3.8, 4) is 0 Å². The molecule has 2 fully saturated rings. The summed E-state index contributed by atoms with van der Waals surface area (Å²) in [5.74, 6) is 0.0150. The summed E-state index contributed by atoms with van der Waals surface area (Å²) in [5.41, 5.74) is 1.50. The molecule has 2 aliphatic heterocycles. The van der Waals surface area contributed by atoms with Gasteiger partial charge in [0.1, 0.15) is 5.82 Å². The van der Waals surface area contributed by atoms with Crippen molar-refractivity contribution >= 4 is 28.7 Å². The molecule has 0 atom stereocenters. The van der Waals surface area contributed by atoms with Crippen molar-refractivity contribution in [3.05, 3.63) is 23.5 Å². The monoisotopic (exact) mass is 345 g/mol. The van der Waals surface area contributed by atoms with Crippen LogP contribution >= 0.6 is 0 Å². The van der Waals surface area contributed by atoms with Gasteiger partial charge in [0, 0.05) is 25.4 Å². The van der Waals surface area contributed by atoms with E-state index in [1.165, 1.54) is 11.0 Å². The van der Waals surface area contributed by atoms with E-state index < -0.39 is 6.03 Å². The minimum Gasteiger partial charge on any atom is -0.317 e. The first-order chi connectivity index (χ1) is 12.0. The van der Waals surface area contributed by atoms with Gasteiger partial charge in [-0.15, -0.1) is 0 Å². The van der Waals surface area contributed by atoms with Crippen molar-refractivity contribution in [1.82, 2.24) is 20.4 Å². The Morgan fingerprint density at radius 1 is 1.24 bits per heavy atom. The van der Waals surface area contributed by atoms with Gasteiger partial charge in [0.15, 0.2) is 5.82 Å². The number of urea groups is 1. The van der Waals surface area contributed by atoms with Crippen molar-refractivity contribution < 1.29 is 14.0 Å². The molecule has 8 heteroatoms. The van der Waals surface area contributed by atoms with Crippen LogP contribution in [-0.2, 0) is 11.8 Å². The van der Waals surface area contributed by atoms with Gasteiger partial charge in [-0.05, 0) is 49.5 Å². The number of piperidine rings is 1. The van der Waals surface area contributed by atoms with Crippen LogP contribution in [0.1, 0.15) is 30.7 Å². The number of anilines is 1. The minimum atomic E-state index is -0.515. The molecule has 0 bridgehead atoms. The maximum absolute atomic E-state index is 14.8. The highest BCUT2D eigenvalue weighted by atomic mass is 19.1. The number of aryl methyl sites for hydroxylation is 1. The second kappa shape index (κ2) is 6.11. The largest absolute Gasteiger partial charge is 0.329 e. The highest BCUT2D eigenvalue weighted by molar-refractivity contribution is 6.08. The molecule has 2 saturated heterocycles. The van der Waals surface area contributed by atoms with Crippen LogP contribution < -0.4 is 15.5 Å². The zero-order valence-corrected chi connectivity index (χ0v) is 14.0. The molecule has 2 aliphatic rings. The summed E-state index contributed by atoms with van der Waals surface area (Å²) in [6.07, 6.45) is 2.02. The van der Waals surface area contributed by atoms with Crippen LogP contribution in [0.4, 0.5) is 15.0 Å². The van der Waals surface area contributed by atoms with E-state index in [-0.39, 0.29) is 30.6 Å². The van der Waals surface area contributed by atoms with Crippen molar-refractivity contribution in [2.75, 3.05) is 24.5 Å². The lowest BCUT2D eigenvalue weighted by molar-refractivity contribution is -0.120. The molecule has 25 heavy (non-hydrogen) atoms. The third-order valence-electron chi connectivity index (χ3n) is 5.04. The fourth-order valence-corrected chi connectivity index (χ4v) is 3.69. The maximum atomic E-state index is 14.8. The van der Waals surface area contributed by atoms with E-state index in [2.05, 4.69) is 15.7 Å². The number of benzene rings is 1. The first-order valence-corrected chi connectivity index (χ1v) is 8.53. The third kappa shape index (κ3) is 2.76. The summed E-state index contributed by atoms with van der Waals surface area (Å²) in [6, 6.07) is 2.81. The van der Waals surface area contributed by atoms with Gasteiger partial charge in [0.25, 0.3) is 0 Å². The second-order valence-corrected chi connectivity index (χ2v) is 6.62. The predicted molar refractivity (Wildman–Crippen MR) is 91.0 cm³/mol. The van der Waals surface area contributed by atoms with Gasteiger partial charge < -0.3 is 5.32 Å². The van der Waals surface area contributed by atoms with E-state index in [0.717, 1.165) is 31.4 Å². The highest BCUT2D eigenvalue weighted by Crippen LogP contribution is 2.34. The summed E-state index contributed by atoms with van der Waals surface area (Å²) >= 11 is 0. The zero-order valence-electron chi connectivity index (χ0n) is 14.0. The summed E-state index contributed by atoms with van der Waals surface area (Å²) in [4.78, 5) is 24.8. The van der Waals surface area contributed by atoms with Crippen LogP contribution in [0.3, 0.4) is 0 Å². The van der Waals surface area contributed by atoms with Gasteiger partial charge >= 0.3 is 6.03 Å². The van der Waals surface area contributed by atoms with Crippen molar-refractivity contribution in [2.45, 2.75) is 25.2 Å². The first kappa shape index (κ1) is 16.0. The number of imide groups is 1. The quantitative estimate of drug-likeness (QED) is 0.867. The smallest absolute Gasteiger partial charge is 0.317 e. The Kier molecular flexibility index (Phi) is 3.91. The molecule has 3 heterocycles. The first-order valence-electron chi connectivity index (χ1n) is 8.53. The van der Waals surface area contributed by atoms with Crippen LogP contribution in [0, 0.1) is 5.82 Å². The number of carbonyl (C=O) groups is 2. The minimum absolute atomic E-state index is 0.194. The Labute approximate surface area is 144 Å². The van der Waals surface area contributed by atoms with Crippen molar-refractivity contribution in [2.24, 2.45) is 7.05 Å². The Hall–Kier alpha value is -2.48. The average Bonchev–Trinajstić information content (AvgIpc) is 2.91. The summed E-state index contributed by atoms with van der Waals surface area (Å²) in [7, 11) is 1.78. The highest BCUT2D eigenvalue weighted by Gasteiger charge is 2.29. The van der Waals surface area contributed by atoms with Gasteiger partial charge in [-0.3, -0.25) is 19.7 Å². The van der Waals surface area contributed by atoms with Crippen LogP contribution in [-0.4, -0.2) is 41.4 Å². The number of nitrogens with zero attached hydrogens (tertiary/aromatic N) is 3. The lowest BCUT2D eigenvalue weighted by atomic mass is 9.89. The van der Waals surface area contributed by atoms with E-state index in [1.807, 2.05) is 6.07 Å². The molecule has 7 nitrogen and oxygen atoms in total. The van der Waals surface area contributed by atoms with Gasteiger partial charge in [-0.2, -0.15) is 5.10 Å². The normalized spacial score (nSPS) is 19.5. The van der Waals surface area contributed by atoms with Crippen LogP contribution in [0.2, 0.25) is 0 Å². The van der Waals surface area contributed by atoms with E-state index in [0.29, 0.717) is 16.8 Å². The molecule has 4 rings (SSSR count). The lowest BCUT2D eigenvalue weighted by Crippen LogP contribution is -2.49. The molecule has 2 aromatic rings. The average molecular weight is 345 g/mol. The Morgan fingerprint density at radius 2 is 2.00 bits per heavy atom. The standard InChI is InChI=1S/C17H20FN5O2/c1-22-14-9-11(10-2-5-19-6-3-10)13(18)8-12(14)16(21-22)23-7-4-15(24)20-17(23)25/h8-10,19H,2-7H2,1H3,(H,20,24,25). The molecule has 0 saturated carbocycles. The van der Waals surface area contributed by atoms with Gasteiger partial charge in [0.05, 0.1) is 5.52 Å². The molecule has 2 N–H and O–H groups in total. The molecule has 3 amide bonds. The summed E-state index contributed by atoms with van der Waals surface area (Å²) < 4.78 is 16.5. The topological polar surface area (TPSA) is 79.3 Å². The molecular weight excluding hydrogens is 325 g/mol. The fraction of sp³-hybridized carbons (Fsp3) is 0.471. The molecule has 1 aromatic carbocycles. The fourth-order valence-electron chi connectivity index (χ4n) is 3.69. The maximum Gasteiger partial charge on any atom is 0.329 e. The van der Waals surface area contributed by atoms with Gasteiger partial charge in [-0.1, -0.05) is 0 Å². The molecule has 0 unspecified atom stereocenters. The number of hydrogen-bond donors (Lipinski definition) is 2. The number of amides is 3. The molecular formula is C17H20FN5O2. The number of hydrogen-bond acceptors (Lipinski definition) is 4. The zero-order chi connectivity index (χ0) is 17.6. The lowest BCUT2D eigenvalue weighted by Gasteiger charge is -2.25. The summed E-state index contributed by atoms with van der Waals surface area (Å²) in [5, 5.41) is 10.6. The molecule has 0 spiro atoms. The van der Waals surface area contributed by atoms with Crippen LogP contribution in [0.25, 0.3) is 10.9 Å². The van der Waals surface area contributed by atoms with E-state index >= 15 is 0 Å². The van der Waals surface area contributed by atoms with E-state index in [4.69, 9.17) is 0 Å². The second-order valence-electron chi connectivity index (χ2n) is 6.62. The number of rotatable bonds is 2. The molecule has 1 aromatic heterocycles. The number of aromatic nitrogens is 2. The number of nitrogens with one attached hydrogen (secondary N) is 2. The van der Waals surface area contributed by atoms with Crippen LogP contribution in [0.5, 0.6) is 0 Å². The van der Waals surface area contributed by atoms with Crippen molar-refractivity contribution in [1.29, 1.82) is 0 Å². The Bertz CT molecular complexity index is 856. The van der Waals surface area contributed by atoms with E-state index in [9.17, 15) is 14.0 Å². The van der Waals surface area contributed by atoms with Gasteiger partial charge in [-0.25, -0.2) is 9.18 Å². The van der Waals surface area contributed by atoms with Crippen LogP contribution in [0.15, 0.2) is 12.1 Å². The SMILES string of the molecule is Cn1nc(N2CCC(=O)NC2=O)c2cc(F)c(C3CCNCC3)cc21. The number of fused-ring (bicyclic) bond motifs is 1. The summed E-state index contributed by atoms with van der Waals surface area (Å²) in [6.45, 7) is 2.02. The molecule has 0 aliphatic carbocycles. The number of carbonyl (C=O) groups excluding carboxylic acids is 2. The third-order valence-corrected chi connectivity index (χ3v) is 5.04. The van der Waals surface area contributed by atoms with Crippen molar-refractivity contribution in [3.63, 3.8) is 0 Å². The van der Waals surface area contributed by atoms with Gasteiger partial charge in [0.2, 0.25) is 5.91 Å². The Balaban J connectivity index is 1.76. The molecule has 0 radical (unpaired) electrons.